The lowest BCUT2D eigenvalue weighted by molar-refractivity contribution is 0.0523. The summed E-state index contributed by atoms with van der Waals surface area (Å²) in [5.74, 6) is -0.0448. The van der Waals surface area contributed by atoms with Gasteiger partial charge in [-0.05, 0) is 27.7 Å². The van der Waals surface area contributed by atoms with Crippen molar-refractivity contribution in [3.8, 4) is 6.07 Å². The van der Waals surface area contributed by atoms with Crippen LogP contribution in [0.3, 0.4) is 0 Å². The van der Waals surface area contributed by atoms with Crippen molar-refractivity contribution < 1.29 is 9.53 Å². The van der Waals surface area contributed by atoms with Gasteiger partial charge in [-0.15, -0.1) is 0 Å². The molecule has 0 radical (unpaired) electrons. The van der Waals surface area contributed by atoms with Gasteiger partial charge in [0.15, 0.2) is 0 Å². The maximum absolute atomic E-state index is 11.7. The Morgan fingerprint density at radius 3 is 2.77 bits per heavy atom. The normalized spacial score (nSPS) is 12.5. The first-order valence-corrected chi connectivity index (χ1v) is 7.30. The summed E-state index contributed by atoms with van der Waals surface area (Å²) in [4.78, 5) is 11.7. The topological polar surface area (TPSA) is 92.0 Å². The fourth-order valence-electron chi connectivity index (χ4n) is 1.82. The minimum absolute atomic E-state index is 0.0448. The molecule has 0 saturated carbocycles. The van der Waals surface area contributed by atoms with Crippen LogP contribution in [0.25, 0.3) is 0 Å². The van der Waals surface area contributed by atoms with E-state index in [9.17, 15) is 4.79 Å². The highest BCUT2D eigenvalue weighted by atomic mass is 16.6. The summed E-state index contributed by atoms with van der Waals surface area (Å²) in [6, 6.07) is 2.18. The second-order valence-corrected chi connectivity index (χ2v) is 6.26. The van der Waals surface area contributed by atoms with E-state index in [2.05, 4.69) is 21.8 Å². The second kappa shape index (κ2) is 7.80. The number of hydrogen-bond donors (Lipinski definition) is 2. The lowest BCUT2D eigenvalue weighted by Crippen LogP contribution is -2.32. The average Bonchev–Trinajstić information content (AvgIpc) is 2.75. The van der Waals surface area contributed by atoms with E-state index in [0.29, 0.717) is 19.6 Å². The van der Waals surface area contributed by atoms with E-state index in [0.717, 1.165) is 11.3 Å². The van der Waals surface area contributed by atoms with Gasteiger partial charge in [-0.1, -0.05) is 0 Å². The third kappa shape index (κ3) is 6.14. The van der Waals surface area contributed by atoms with Gasteiger partial charge in [0.25, 0.3) is 0 Å². The molecule has 1 aromatic rings. The zero-order chi connectivity index (χ0) is 16.8. The van der Waals surface area contributed by atoms with Gasteiger partial charge in [0.05, 0.1) is 23.9 Å². The van der Waals surface area contributed by atoms with E-state index < -0.39 is 11.7 Å². The number of carbonyl (C=O) groups is 1. The number of alkyl carbamates (subject to hydrolysis) is 1. The second-order valence-electron chi connectivity index (χ2n) is 6.26. The summed E-state index contributed by atoms with van der Waals surface area (Å²) in [7, 11) is 1.85. The molecule has 22 heavy (non-hydrogen) atoms. The molecule has 0 aliphatic heterocycles. The van der Waals surface area contributed by atoms with E-state index in [4.69, 9.17) is 10.00 Å². The molecule has 0 aliphatic rings. The Morgan fingerprint density at radius 2 is 2.18 bits per heavy atom. The van der Waals surface area contributed by atoms with Crippen LogP contribution in [0.2, 0.25) is 0 Å². The minimum Gasteiger partial charge on any atom is -0.444 e. The Bertz CT molecular complexity index is 539. The molecule has 1 unspecified atom stereocenters. The van der Waals surface area contributed by atoms with Crippen LogP contribution in [0.5, 0.6) is 0 Å². The Hall–Kier alpha value is -2.07. The molecular weight excluding hydrogens is 282 g/mol. The maximum atomic E-state index is 11.7. The molecule has 122 valence electrons. The third-order valence-electron chi connectivity index (χ3n) is 2.93. The molecule has 0 spiro atoms. The molecule has 1 atom stereocenters. The SMILES string of the molecule is CC(C#N)CNCc1c(CNC(=O)OC(C)(C)C)cnn1C. The first-order chi connectivity index (χ1) is 10.2. The quantitative estimate of drug-likeness (QED) is 0.834. The zero-order valence-corrected chi connectivity index (χ0v) is 13.9. The molecule has 0 saturated heterocycles. The number of carbonyl (C=O) groups excluding carboxylic acids is 1. The van der Waals surface area contributed by atoms with Crippen molar-refractivity contribution >= 4 is 6.09 Å². The van der Waals surface area contributed by atoms with Crippen LogP contribution >= 0.6 is 0 Å². The number of ether oxygens (including phenoxy) is 1. The number of aromatic nitrogens is 2. The molecule has 7 nitrogen and oxygen atoms in total. The van der Waals surface area contributed by atoms with Gasteiger partial charge in [0.2, 0.25) is 0 Å². The molecule has 1 aromatic heterocycles. The van der Waals surface area contributed by atoms with Gasteiger partial charge in [0, 0.05) is 32.2 Å². The first kappa shape index (κ1) is 18.0. The highest BCUT2D eigenvalue weighted by Crippen LogP contribution is 2.09. The summed E-state index contributed by atoms with van der Waals surface area (Å²) in [5.41, 5.74) is 1.38. The molecule has 1 heterocycles. The molecular formula is C15H25N5O2. The van der Waals surface area contributed by atoms with Gasteiger partial charge in [0.1, 0.15) is 5.60 Å². The van der Waals surface area contributed by atoms with Crippen molar-refractivity contribution in [3.05, 3.63) is 17.5 Å². The summed E-state index contributed by atoms with van der Waals surface area (Å²) < 4.78 is 6.96. The van der Waals surface area contributed by atoms with Crippen LogP contribution in [0.15, 0.2) is 6.20 Å². The van der Waals surface area contributed by atoms with Gasteiger partial charge >= 0.3 is 6.09 Å². The van der Waals surface area contributed by atoms with E-state index in [1.54, 1.807) is 10.9 Å². The summed E-state index contributed by atoms with van der Waals surface area (Å²) in [5, 5.41) is 18.9. The molecule has 0 bridgehead atoms. The molecule has 1 amide bonds. The highest BCUT2D eigenvalue weighted by molar-refractivity contribution is 5.67. The Kier molecular flexibility index (Phi) is 6.38. The van der Waals surface area contributed by atoms with Gasteiger partial charge in [-0.25, -0.2) is 4.79 Å². The van der Waals surface area contributed by atoms with Crippen LogP contribution in [-0.2, 0) is 24.9 Å². The summed E-state index contributed by atoms with van der Waals surface area (Å²) >= 11 is 0. The van der Waals surface area contributed by atoms with Crippen molar-refractivity contribution in [2.24, 2.45) is 13.0 Å². The standard InChI is InChI=1S/C15H25N5O2/c1-11(6-16)7-17-10-13-12(9-19-20(13)5)8-18-14(21)22-15(2,3)4/h9,11,17H,7-8,10H2,1-5H3,(H,18,21). The van der Waals surface area contributed by atoms with Gasteiger partial charge in [-0.2, -0.15) is 10.4 Å². The van der Waals surface area contributed by atoms with E-state index >= 15 is 0 Å². The van der Waals surface area contributed by atoms with Gasteiger partial charge in [-0.3, -0.25) is 4.68 Å². The summed E-state index contributed by atoms with van der Waals surface area (Å²) in [6.45, 7) is 8.89. The number of rotatable bonds is 6. The van der Waals surface area contributed by atoms with Crippen LogP contribution in [-0.4, -0.2) is 28.0 Å². The Balaban J connectivity index is 2.54. The van der Waals surface area contributed by atoms with Crippen LogP contribution < -0.4 is 10.6 Å². The number of hydrogen-bond acceptors (Lipinski definition) is 5. The van der Waals surface area contributed by atoms with E-state index in [1.165, 1.54) is 0 Å². The zero-order valence-electron chi connectivity index (χ0n) is 13.9. The smallest absolute Gasteiger partial charge is 0.407 e. The predicted octanol–water partition coefficient (Wildman–Crippen LogP) is 1.69. The largest absolute Gasteiger partial charge is 0.444 e. The number of nitrogens with one attached hydrogen (secondary N) is 2. The van der Waals surface area contributed by atoms with Crippen LogP contribution in [0.4, 0.5) is 4.79 Å². The average molecular weight is 307 g/mol. The molecule has 7 heteroatoms. The molecule has 2 N–H and O–H groups in total. The predicted molar refractivity (Wildman–Crippen MR) is 82.8 cm³/mol. The van der Waals surface area contributed by atoms with Crippen molar-refractivity contribution in [2.45, 2.75) is 46.4 Å². The van der Waals surface area contributed by atoms with Crippen LogP contribution in [0.1, 0.15) is 39.0 Å². The fourth-order valence-corrected chi connectivity index (χ4v) is 1.82. The first-order valence-electron chi connectivity index (χ1n) is 7.30. The van der Waals surface area contributed by atoms with Crippen LogP contribution in [0, 0.1) is 17.2 Å². The molecule has 0 aromatic carbocycles. The third-order valence-corrected chi connectivity index (χ3v) is 2.93. The molecule has 0 fully saturated rings. The number of amides is 1. The van der Waals surface area contributed by atoms with Crippen molar-refractivity contribution in [3.63, 3.8) is 0 Å². The Labute approximate surface area is 131 Å². The molecule has 0 aliphatic carbocycles. The fraction of sp³-hybridized carbons (Fsp3) is 0.667. The maximum Gasteiger partial charge on any atom is 0.407 e. The van der Waals surface area contributed by atoms with Crippen molar-refractivity contribution in [2.75, 3.05) is 6.54 Å². The lowest BCUT2D eigenvalue weighted by Gasteiger charge is -2.19. The number of nitrogens with zero attached hydrogens (tertiary/aromatic N) is 3. The highest BCUT2D eigenvalue weighted by Gasteiger charge is 2.17. The molecule has 1 rings (SSSR count). The summed E-state index contributed by atoms with van der Waals surface area (Å²) in [6.07, 6.45) is 1.27. The lowest BCUT2D eigenvalue weighted by atomic mass is 10.2. The number of nitriles is 1. The van der Waals surface area contributed by atoms with Gasteiger partial charge < -0.3 is 15.4 Å². The Morgan fingerprint density at radius 1 is 1.50 bits per heavy atom. The van der Waals surface area contributed by atoms with E-state index in [1.807, 2.05) is 34.7 Å². The monoisotopic (exact) mass is 307 g/mol. The number of aryl methyl sites for hydroxylation is 1. The van der Waals surface area contributed by atoms with E-state index in [-0.39, 0.29) is 5.92 Å². The van der Waals surface area contributed by atoms with Crippen molar-refractivity contribution in [1.82, 2.24) is 20.4 Å². The van der Waals surface area contributed by atoms with Crippen molar-refractivity contribution in [1.29, 1.82) is 5.26 Å². The minimum atomic E-state index is -0.517.